The van der Waals surface area contributed by atoms with E-state index in [0.29, 0.717) is 49.2 Å². The first-order valence-electron chi connectivity index (χ1n) is 43.2. The number of hydrogen-bond acceptors (Lipinski definition) is 25. The van der Waals surface area contributed by atoms with Crippen LogP contribution in [0.1, 0.15) is 371 Å². The van der Waals surface area contributed by atoms with Crippen LogP contribution in [0.4, 0.5) is 0 Å². The highest BCUT2D eigenvalue weighted by atomic mass is 35.5. The molecule has 2 aliphatic carbocycles. The molecule has 4 rings (SSSR count). The molecule has 26 heteroatoms. The standard InChI is InChI=1S/C13H18O2.C11H20O5.C11H18O3.C11H20O2.C10H18O3.C10H20O2.C10H18O2.C9H17ClO3.C7H14O3.C5H12/c1-9(2)11-5-7-12(8-6-11)10(3)13(14)15-4;1-8(12)14-6-7-15-9(2)16-10(13)11(3,4)5;1-11(2,3)10(13)14-9-6-4-5-8(12)7-9;1-10(2,3)9(12)13-11(4,5)8-6-7-8;1-10(2,3)9(11)13-8-6-4-5-7-12-8;2*1-7-10(5,6)12-8(11)9(2,3)4;1-7(12-6-5-10)13-8(11)9(2,3)4;1-7(2,3)6(8)10-5-9-4;1-5(2,3)4/h5-10H,1-4H3;9H,6-7H2,1-5H3;9H,4-7H2,1-3H3;8H,6-7H2,1-5H3;8H,4-7H2,1-3H3;7H2,1-6H3;7H,1H2,2-6H3;7H,5-6H2,1-4H3;5H2,1-4H3;1-4H3. The number of carbonyl (C=O) groups excluding carboxylic acids is 11. The summed E-state index contributed by atoms with van der Waals surface area (Å²) < 4.78 is 70.6. The van der Waals surface area contributed by atoms with E-state index in [4.69, 9.17) is 68.4 Å². The van der Waals surface area contributed by atoms with Crippen LogP contribution in [0.25, 0.3) is 0 Å². The predicted molar refractivity (Wildman–Crippen MR) is 487 cm³/mol. The van der Waals surface area contributed by atoms with Gasteiger partial charge in [0.15, 0.2) is 19.4 Å². The third-order valence-corrected chi connectivity index (χ3v) is 16.8. The molecule has 123 heavy (non-hydrogen) atoms. The van der Waals surface area contributed by atoms with Crippen LogP contribution in [0.15, 0.2) is 36.9 Å². The molecule has 0 radical (unpaired) electrons. The molecule has 0 spiro atoms. The van der Waals surface area contributed by atoms with Gasteiger partial charge in [0.1, 0.15) is 35.3 Å². The topological polar surface area (TPSA) is 317 Å². The number of esters is 10. The molecule has 5 unspecified atom stereocenters. The van der Waals surface area contributed by atoms with Gasteiger partial charge in [0.25, 0.3) is 0 Å². The smallest absolute Gasteiger partial charge is 0.313 e. The first kappa shape index (κ1) is 127. The summed E-state index contributed by atoms with van der Waals surface area (Å²) in [6.45, 7) is 81.9. The van der Waals surface area contributed by atoms with Crippen molar-refractivity contribution < 1.29 is 119 Å². The van der Waals surface area contributed by atoms with Gasteiger partial charge in [0.2, 0.25) is 6.29 Å². The summed E-state index contributed by atoms with van der Waals surface area (Å²) in [4.78, 5) is 124. The van der Waals surface area contributed by atoms with Crippen molar-refractivity contribution in [3.8, 4) is 0 Å². The van der Waals surface area contributed by atoms with Crippen molar-refractivity contribution in [1.29, 1.82) is 0 Å². The number of hydrogen-bond donors (Lipinski definition) is 0. The van der Waals surface area contributed by atoms with E-state index in [0.717, 1.165) is 44.1 Å². The highest BCUT2D eigenvalue weighted by Crippen LogP contribution is 2.42. The fourth-order valence-corrected chi connectivity index (χ4v) is 7.91. The lowest BCUT2D eigenvalue weighted by Gasteiger charge is -2.29. The van der Waals surface area contributed by atoms with Crippen LogP contribution in [0.2, 0.25) is 0 Å². The molecule has 3 fully saturated rings. The van der Waals surface area contributed by atoms with Crippen LogP contribution in [0.3, 0.4) is 0 Å². The summed E-state index contributed by atoms with van der Waals surface area (Å²) in [5, 5.41) is 0. The Morgan fingerprint density at radius 2 is 0.870 bits per heavy atom. The molecule has 0 N–H and O–H groups in total. The maximum Gasteiger partial charge on any atom is 0.313 e. The normalized spacial score (nSPS) is 15.7. The van der Waals surface area contributed by atoms with Crippen LogP contribution in [0, 0.1) is 54.7 Å². The zero-order valence-corrected chi connectivity index (χ0v) is 85.8. The Morgan fingerprint density at radius 1 is 0.480 bits per heavy atom. The molecule has 1 aromatic carbocycles. The molecule has 2 saturated carbocycles. The molecule has 1 aromatic rings. The second-order valence-electron chi connectivity index (χ2n) is 42.5. The molecule has 1 heterocycles. The van der Waals surface area contributed by atoms with Gasteiger partial charge in [0.05, 0.1) is 76.2 Å². The molecule has 5 atom stereocenters. The fraction of sp³-hybridized carbons (Fsp3) is 0.804. The molecule has 1 aliphatic heterocycles. The van der Waals surface area contributed by atoms with Crippen molar-refractivity contribution >= 4 is 77.1 Å². The third kappa shape index (κ3) is 71.2. The van der Waals surface area contributed by atoms with Gasteiger partial charge in [-0.15, -0.1) is 11.6 Å². The van der Waals surface area contributed by atoms with E-state index in [1.807, 2.05) is 171 Å². The van der Waals surface area contributed by atoms with Crippen LogP contribution < -0.4 is 0 Å². The Morgan fingerprint density at radius 3 is 1.20 bits per heavy atom. The van der Waals surface area contributed by atoms with Gasteiger partial charge in [-0.2, -0.15) is 0 Å². The number of Topliss-reactive ketones (excluding diaryl/α,β-unsaturated/α-hetero) is 1. The van der Waals surface area contributed by atoms with Gasteiger partial charge in [0, 0.05) is 39.2 Å². The Kier molecular flexibility index (Phi) is 60.8. The predicted octanol–water partition coefficient (Wildman–Crippen LogP) is 22.3. The molecular formula is C97H175ClO25. The molecule has 0 aromatic heterocycles. The van der Waals surface area contributed by atoms with E-state index in [1.165, 1.54) is 39.5 Å². The number of benzene rings is 1. The first-order valence-corrected chi connectivity index (χ1v) is 43.8. The monoisotopic (exact) mass is 1780 g/mol. The molecule has 25 nitrogen and oxygen atoms in total. The number of carbonyl (C=O) groups is 11. The first-order chi connectivity index (χ1) is 55.1. The number of ether oxygens (including phenoxy) is 14. The zero-order valence-electron chi connectivity index (χ0n) is 85.0. The molecule has 0 bridgehead atoms. The van der Waals surface area contributed by atoms with Crippen molar-refractivity contribution in [2.24, 2.45) is 54.7 Å². The SMILES string of the molecule is C=CC(C)(C)OC(=O)C(C)(C)C.CC(=O)OCCOC(C)OC(=O)C(C)(C)C.CC(C)(C)C.CC(C)(C)C(=O)OC(C)(C)C1CC1.CC(C)(C)C(=O)OC1CCCC(=O)C1.CC(C)(C)C(=O)OC1CCCCO1.CC(OCCCl)OC(=O)C(C)(C)C.CCC(C)(C)OC(=O)C(C)(C)C.COC(=O)C(C)c1ccc(C(C)C)cc1.COCOC(=O)C(C)(C)C. The summed E-state index contributed by atoms with van der Waals surface area (Å²) in [5.41, 5.74) is -1.95. The Labute approximate surface area is 750 Å². The minimum absolute atomic E-state index is 0.0378. The number of alkyl halides is 1. The third-order valence-electron chi connectivity index (χ3n) is 16.7. The van der Waals surface area contributed by atoms with E-state index in [2.05, 4.69) is 69.7 Å². The van der Waals surface area contributed by atoms with E-state index in [9.17, 15) is 52.7 Å². The van der Waals surface area contributed by atoms with Crippen LogP contribution >= 0.6 is 11.6 Å². The van der Waals surface area contributed by atoms with E-state index >= 15 is 0 Å². The summed E-state index contributed by atoms with van der Waals surface area (Å²) in [6.07, 6.45) is 8.93. The zero-order chi connectivity index (χ0) is 98.3. The summed E-state index contributed by atoms with van der Waals surface area (Å²) >= 11 is 5.41. The number of ketones is 1. The highest BCUT2D eigenvalue weighted by molar-refractivity contribution is 6.18. The fourth-order valence-electron chi connectivity index (χ4n) is 7.82. The second kappa shape index (κ2) is 58.7. The van der Waals surface area contributed by atoms with E-state index in [-0.39, 0.29) is 120 Å². The highest BCUT2D eigenvalue weighted by Gasteiger charge is 2.43. The molecule has 3 aliphatic rings. The average Bonchev–Trinajstić information content (AvgIpc) is 1.68. The average molecular weight is 1780 g/mol. The lowest BCUT2D eigenvalue weighted by molar-refractivity contribution is -0.195. The molecule has 720 valence electrons. The lowest BCUT2D eigenvalue weighted by Crippen LogP contribution is -2.35. The largest absolute Gasteiger partial charge is 0.469 e. The van der Waals surface area contributed by atoms with Gasteiger partial charge in [-0.3, -0.25) is 52.7 Å². The van der Waals surface area contributed by atoms with Gasteiger partial charge >= 0.3 is 59.7 Å². The molecule has 1 saturated heterocycles. The van der Waals surface area contributed by atoms with Crippen molar-refractivity contribution in [1.82, 2.24) is 0 Å². The summed E-state index contributed by atoms with van der Waals surface area (Å²) in [5.74, 6) is -0.669. The minimum Gasteiger partial charge on any atom is -0.469 e. The molecule has 0 amide bonds. The maximum atomic E-state index is 11.6. The lowest BCUT2D eigenvalue weighted by atomic mass is 9.94. The minimum atomic E-state index is -0.637. The van der Waals surface area contributed by atoms with Crippen LogP contribution in [-0.2, 0) is 119 Å². The quantitative estimate of drug-likeness (QED) is 0.0260. The van der Waals surface area contributed by atoms with Crippen molar-refractivity contribution in [3.05, 3.63) is 48.0 Å². The second-order valence-corrected chi connectivity index (χ2v) is 42.8. The van der Waals surface area contributed by atoms with Crippen molar-refractivity contribution in [2.75, 3.05) is 53.3 Å². The van der Waals surface area contributed by atoms with Gasteiger partial charge < -0.3 is 66.3 Å². The Balaban J connectivity index is -0.000000311. The Bertz CT molecular complexity index is 3210. The van der Waals surface area contributed by atoms with Gasteiger partial charge in [-0.25, -0.2) is 0 Å². The van der Waals surface area contributed by atoms with E-state index in [1.54, 1.807) is 82.2 Å². The number of rotatable bonds is 22. The van der Waals surface area contributed by atoms with Crippen molar-refractivity contribution in [2.45, 2.75) is 402 Å². The van der Waals surface area contributed by atoms with Crippen LogP contribution in [0.5, 0.6) is 0 Å². The molecular weight excluding hydrogens is 1600 g/mol. The van der Waals surface area contributed by atoms with Crippen LogP contribution in [-0.4, -0.2) is 161 Å². The Hall–Kier alpha value is -6.54. The summed E-state index contributed by atoms with van der Waals surface area (Å²) in [6, 6.07) is 8.13. The van der Waals surface area contributed by atoms with Crippen molar-refractivity contribution in [3.63, 3.8) is 0 Å². The number of methoxy groups -OCH3 is 2. The summed E-state index contributed by atoms with van der Waals surface area (Å²) in [7, 11) is 2.90. The van der Waals surface area contributed by atoms with Gasteiger partial charge in [-0.1, -0.05) is 79.3 Å². The van der Waals surface area contributed by atoms with E-state index < -0.39 is 56.1 Å². The maximum absolute atomic E-state index is 11.6. The number of halogens is 1. The van der Waals surface area contributed by atoms with Gasteiger partial charge in [-0.05, 0) is 308 Å².